The number of hydrogen-bond donors (Lipinski definition) is 0. The molecule has 102 valence electrons. The molecule has 1 heterocycles. The SMILES string of the molecule is CC(=O)OC1OC[C@@H](C)C1OC(=O)c1ccccc1. The minimum Gasteiger partial charge on any atom is -0.452 e. The van der Waals surface area contributed by atoms with Crippen molar-refractivity contribution in [2.75, 3.05) is 6.61 Å². The molecule has 1 aromatic rings. The topological polar surface area (TPSA) is 61.8 Å². The number of carbonyl (C=O) groups excluding carboxylic acids is 2. The van der Waals surface area contributed by atoms with Crippen LogP contribution in [0.3, 0.4) is 0 Å². The van der Waals surface area contributed by atoms with E-state index in [4.69, 9.17) is 14.2 Å². The summed E-state index contributed by atoms with van der Waals surface area (Å²) in [6.45, 7) is 3.57. The predicted octanol–water partition coefficient (Wildman–Crippen LogP) is 1.77. The molecule has 5 heteroatoms. The van der Waals surface area contributed by atoms with Crippen molar-refractivity contribution in [1.29, 1.82) is 0 Å². The van der Waals surface area contributed by atoms with Crippen molar-refractivity contribution in [2.24, 2.45) is 5.92 Å². The van der Waals surface area contributed by atoms with Crippen molar-refractivity contribution in [2.45, 2.75) is 26.2 Å². The van der Waals surface area contributed by atoms with Gasteiger partial charge in [0.1, 0.15) is 0 Å². The first-order valence-corrected chi connectivity index (χ1v) is 6.13. The van der Waals surface area contributed by atoms with Gasteiger partial charge in [0.2, 0.25) is 6.29 Å². The molecule has 0 spiro atoms. The number of rotatable bonds is 3. The molecule has 0 radical (unpaired) electrons. The zero-order valence-corrected chi connectivity index (χ0v) is 10.9. The summed E-state index contributed by atoms with van der Waals surface area (Å²) >= 11 is 0. The highest BCUT2D eigenvalue weighted by Crippen LogP contribution is 2.25. The summed E-state index contributed by atoms with van der Waals surface area (Å²) in [5.41, 5.74) is 0.461. The number of esters is 2. The maximum atomic E-state index is 12.0. The predicted molar refractivity (Wildman–Crippen MR) is 66.3 cm³/mol. The molecule has 1 saturated heterocycles. The van der Waals surface area contributed by atoms with Crippen LogP contribution in [0.1, 0.15) is 24.2 Å². The highest BCUT2D eigenvalue weighted by molar-refractivity contribution is 5.89. The number of carbonyl (C=O) groups is 2. The van der Waals surface area contributed by atoms with Gasteiger partial charge in [0.25, 0.3) is 0 Å². The van der Waals surface area contributed by atoms with Crippen LogP contribution < -0.4 is 0 Å². The lowest BCUT2D eigenvalue weighted by molar-refractivity contribution is -0.180. The Morgan fingerprint density at radius 1 is 1.21 bits per heavy atom. The number of hydrogen-bond acceptors (Lipinski definition) is 5. The Morgan fingerprint density at radius 3 is 2.53 bits per heavy atom. The van der Waals surface area contributed by atoms with Crippen molar-refractivity contribution >= 4 is 11.9 Å². The van der Waals surface area contributed by atoms with E-state index in [-0.39, 0.29) is 5.92 Å². The van der Waals surface area contributed by atoms with Gasteiger partial charge in [-0.25, -0.2) is 4.79 Å². The van der Waals surface area contributed by atoms with Crippen LogP contribution >= 0.6 is 0 Å². The van der Waals surface area contributed by atoms with E-state index in [1.54, 1.807) is 24.3 Å². The molecule has 2 unspecified atom stereocenters. The summed E-state index contributed by atoms with van der Waals surface area (Å²) < 4.78 is 15.7. The molecule has 1 aliphatic heterocycles. The summed E-state index contributed by atoms with van der Waals surface area (Å²) in [5.74, 6) is -0.919. The Morgan fingerprint density at radius 2 is 1.89 bits per heavy atom. The van der Waals surface area contributed by atoms with E-state index in [1.165, 1.54) is 6.92 Å². The maximum absolute atomic E-state index is 12.0. The number of benzene rings is 1. The second-order valence-electron chi connectivity index (χ2n) is 4.52. The van der Waals surface area contributed by atoms with Gasteiger partial charge in [-0.05, 0) is 12.1 Å². The molecule has 0 saturated carbocycles. The Bertz CT molecular complexity index is 456. The summed E-state index contributed by atoms with van der Waals surface area (Å²) in [6.07, 6.45) is -1.39. The molecule has 0 N–H and O–H groups in total. The third-order valence-corrected chi connectivity index (χ3v) is 2.89. The fourth-order valence-electron chi connectivity index (χ4n) is 1.91. The van der Waals surface area contributed by atoms with E-state index in [0.717, 1.165) is 0 Å². The lowest BCUT2D eigenvalue weighted by Crippen LogP contribution is -2.34. The van der Waals surface area contributed by atoms with E-state index < -0.39 is 24.3 Å². The second-order valence-corrected chi connectivity index (χ2v) is 4.52. The first-order valence-electron chi connectivity index (χ1n) is 6.13. The van der Waals surface area contributed by atoms with Crippen LogP contribution in [0, 0.1) is 5.92 Å². The van der Waals surface area contributed by atoms with E-state index in [2.05, 4.69) is 0 Å². The molecule has 0 aliphatic carbocycles. The largest absolute Gasteiger partial charge is 0.452 e. The van der Waals surface area contributed by atoms with Crippen LogP contribution in [0.4, 0.5) is 0 Å². The molecule has 1 aliphatic rings. The average Bonchev–Trinajstić information content (AvgIpc) is 2.72. The Hall–Kier alpha value is -1.88. The van der Waals surface area contributed by atoms with Gasteiger partial charge in [-0.1, -0.05) is 25.1 Å². The zero-order valence-electron chi connectivity index (χ0n) is 10.9. The monoisotopic (exact) mass is 264 g/mol. The van der Waals surface area contributed by atoms with E-state index in [9.17, 15) is 9.59 Å². The van der Waals surface area contributed by atoms with E-state index >= 15 is 0 Å². The van der Waals surface area contributed by atoms with Gasteiger partial charge >= 0.3 is 11.9 Å². The molecule has 0 aromatic heterocycles. The van der Waals surface area contributed by atoms with Gasteiger partial charge in [0, 0.05) is 12.8 Å². The quantitative estimate of drug-likeness (QED) is 0.778. The normalized spacial score (nSPS) is 25.9. The van der Waals surface area contributed by atoms with Gasteiger partial charge in [0.15, 0.2) is 6.10 Å². The molecule has 3 atom stereocenters. The van der Waals surface area contributed by atoms with Crippen LogP contribution in [0.5, 0.6) is 0 Å². The van der Waals surface area contributed by atoms with Crippen LogP contribution in [-0.4, -0.2) is 30.9 Å². The first kappa shape index (κ1) is 13.5. The molecule has 1 aromatic carbocycles. The summed E-state index contributed by atoms with van der Waals surface area (Å²) in [5, 5.41) is 0. The average molecular weight is 264 g/mol. The van der Waals surface area contributed by atoms with Crippen molar-refractivity contribution in [3.8, 4) is 0 Å². The Labute approximate surface area is 111 Å². The molecule has 2 rings (SSSR count). The zero-order chi connectivity index (χ0) is 13.8. The summed E-state index contributed by atoms with van der Waals surface area (Å²) in [7, 11) is 0. The molecular formula is C14H16O5. The fraction of sp³-hybridized carbons (Fsp3) is 0.429. The lowest BCUT2D eigenvalue weighted by atomic mass is 10.1. The summed E-state index contributed by atoms with van der Waals surface area (Å²) in [6, 6.07) is 8.68. The first-order chi connectivity index (χ1) is 9.08. The third kappa shape index (κ3) is 3.32. The minimum absolute atomic E-state index is 0.0167. The smallest absolute Gasteiger partial charge is 0.338 e. The molecule has 0 bridgehead atoms. The van der Waals surface area contributed by atoms with Crippen molar-refractivity contribution < 1.29 is 23.8 Å². The van der Waals surface area contributed by atoms with E-state index in [1.807, 2.05) is 13.0 Å². The maximum Gasteiger partial charge on any atom is 0.338 e. The number of ether oxygens (including phenoxy) is 3. The van der Waals surface area contributed by atoms with Crippen molar-refractivity contribution in [3.63, 3.8) is 0 Å². The molecule has 5 nitrogen and oxygen atoms in total. The minimum atomic E-state index is -0.819. The Balaban J connectivity index is 2.03. The highest BCUT2D eigenvalue weighted by Gasteiger charge is 2.40. The third-order valence-electron chi connectivity index (χ3n) is 2.89. The fourth-order valence-corrected chi connectivity index (χ4v) is 1.91. The van der Waals surface area contributed by atoms with Gasteiger partial charge in [-0.15, -0.1) is 0 Å². The van der Waals surface area contributed by atoms with Crippen molar-refractivity contribution in [3.05, 3.63) is 35.9 Å². The van der Waals surface area contributed by atoms with Crippen molar-refractivity contribution in [1.82, 2.24) is 0 Å². The lowest BCUT2D eigenvalue weighted by Gasteiger charge is -2.20. The standard InChI is InChI=1S/C14H16O5/c1-9-8-17-14(18-10(2)15)12(9)19-13(16)11-6-4-3-5-7-11/h3-7,9,12,14H,8H2,1-2H3/t9-,12?,14?/m1/s1. The van der Waals surface area contributed by atoms with Crippen LogP contribution in [0.2, 0.25) is 0 Å². The van der Waals surface area contributed by atoms with Crippen LogP contribution in [0.15, 0.2) is 30.3 Å². The molecule has 0 amide bonds. The van der Waals surface area contributed by atoms with Gasteiger partial charge in [-0.3, -0.25) is 4.79 Å². The van der Waals surface area contributed by atoms with Gasteiger partial charge in [-0.2, -0.15) is 0 Å². The molecular weight excluding hydrogens is 248 g/mol. The second kappa shape index (κ2) is 5.84. The van der Waals surface area contributed by atoms with E-state index in [0.29, 0.717) is 12.2 Å². The summed E-state index contributed by atoms with van der Waals surface area (Å²) in [4.78, 5) is 22.9. The van der Waals surface area contributed by atoms with Crippen LogP contribution in [0.25, 0.3) is 0 Å². The molecule has 19 heavy (non-hydrogen) atoms. The van der Waals surface area contributed by atoms with Gasteiger partial charge in [0.05, 0.1) is 12.2 Å². The Kier molecular flexibility index (Phi) is 4.16. The highest BCUT2D eigenvalue weighted by atomic mass is 16.7. The molecule has 1 fully saturated rings. The van der Waals surface area contributed by atoms with Crippen LogP contribution in [-0.2, 0) is 19.0 Å². The van der Waals surface area contributed by atoms with Gasteiger partial charge < -0.3 is 14.2 Å².